The van der Waals surface area contributed by atoms with Crippen molar-refractivity contribution in [3.8, 4) is 0 Å². The van der Waals surface area contributed by atoms with E-state index in [1.807, 2.05) is 6.92 Å². The van der Waals surface area contributed by atoms with Crippen LogP contribution in [0.15, 0.2) is 0 Å². The number of hydrogen-bond acceptors (Lipinski definition) is 5. The molecule has 0 saturated carbocycles. The second-order valence-electron chi connectivity index (χ2n) is 2.34. The lowest BCUT2D eigenvalue weighted by Crippen LogP contribution is -2.11. The molecule has 0 unspecified atom stereocenters. The molecule has 0 radical (unpaired) electrons. The van der Waals surface area contributed by atoms with Gasteiger partial charge in [0.2, 0.25) is 5.28 Å². The van der Waals surface area contributed by atoms with E-state index in [0.717, 1.165) is 0 Å². The van der Waals surface area contributed by atoms with Gasteiger partial charge in [-0.15, -0.1) is 10.2 Å². The first-order chi connectivity index (χ1) is 6.74. The van der Waals surface area contributed by atoms with Crippen molar-refractivity contribution < 1.29 is 4.74 Å². The first kappa shape index (κ1) is 11.4. The summed E-state index contributed by atoms with van der Waals surface area (Å²) in [7, 11) is 0. The SMILES string of the molecule is CCOCCNc1nc(Cl)nnc1Cl. The third-order valence-corrected chi connectivity index (χ3v) is 1.78. The van der Waals surface area contributed by atoms with Crippen molar-refractivity contribution in [1.82, 2.24) is 15.2 Å². The number of aromatic nitrogens is 3. The summed E-state index contributed by atoms with van der Waals surface area (Å²) in [4.78, 5) is 3.86. The van der Waals surface area contributed by atoms with Crippen LogP contribution in [0.5, 0.6) is 0 Å². The van der Waals surface area contributed by atoms with Crippen LogP contribution in [0, 0.1) is 0 Å². The van der Waals surface area contributed by atoms with Crippen molar-refractivity contribution in [2.24, 2.45) is 0 Å². The monoisotopic (exact) mass is 236 g/mol. The molecular weight excluding hydrogens is 227 g/mol. The normalized spacial score (nSPS) is 10.2. The lowest BCUT2D eigenvalue weighted by atomic mass is 10.6. The van der Waals surface area contributed by atoms with Gasteiger partial charge < -0.3 is 10.1 Å². The van der Waals surface area contributed by atoms with Gasteiger partial charge in [-0.1, -0.05) is 11.6 Å². The number of anilines is 1. The van der Waals surface area contributed by atoms with Crippen LogP contribution in [0.4, 0.5) is 5.82 Å². The number of rotatable bonds is 5. The van der Waals surface area contributed by atoms with E-state index in [1.54, 1.807) is 0 Å². The summed E-state index contributed by atoms with van der Waals surface area (Å²) in [5.74, 6) is 0.423. The fourth-order valence-electron chi connectivity index (χ4n) is 0.792. The van der Waals surface area contributed by atoms with E-state index in [9.17, 15) is 0 Å². The largest absolute Gasteiger partial charge is 0.380 e. The molecule has 1 rings (SSSR count). The van der Waals surface area contributed by atoms with Gasteiger partial charge in [0, 0.05) is 13.2 Å². The summed E-state index contributed by atoms with van der Waals surface area (Å²) in [5, 5.41) is 10.3. The highest BCUT2D eigenvalue weighted by molar-refractivity contribution is 6.32. The molecule has 0 aromatic carbocycles. The molecule has 0 saturated heterocycles. The number of ether oxygens (including phenoxy) is 1. The second-order valence-corrected chi connectivity index (χ2v) is 3.04. The third kappa shape index (κ3) is 3.61. The Morgan fingerprint density at radius 2 is 2.14 bits per heavy atom. The van der Waals surface area contributed by atoms with Gasteiger partial charge >= 0.3 is 0 Å². The molecular formula is C7H10Cl2N4O. The third-order valence-electron chi connectivity index (χ3n) is 1.36. The summed E-state index contributed by atoms with van der Waals surface area (Å²) >= 11 is 11.3. The Labute approximate surface area is 91.8 Å². The van der Waals surface area contributed by atoms with Gasteiger partial charge in [-0.05, 0) is 18.5 Å². The van der Waals surface area contributed by atoms with Crippen LogP contribution in [0.3, 0.4) is 0 Å². The lowest BCUT2D eigenvalue weighted by Gasteiger charge is -2.05. The van der Waals surface area contributed by atoms with Crippen molar-refractivity contribution in [1.29, 1.82) is 0 Å². The highest BCUT2D eigenvalue weighted by Crippen LogP contribution is 2.15. The smallest absolute Gasteiger partial charge is 0.245 e. The Balaban J connectivity index is 2.45. The van der Waals surface area contributed by atoms with Crippen molar-refractivity contribution in [3.63, 3.8) is 0 Å². The van der Waals surface area contributed by atoms with Gasteiger partial charge in [-0.2, -0.15) is 4.98 Å². The Kier molecular flexibility index (Phi) is 4.86. The molecule has 78 valence electrons. The zero-order valence-electron chi connectivity index (χ0n) is 7.63. The van der Waals surface area contributed by atoms with E-state index in [2.05, 4.69) is 20.5 Å². The highest BCUT2D eigenvalue weighted by atomic mass is 35.5. The number of nitrogens with zero attached hydrogens (tertiary/aromatic N) is 3. The number of nitrogens with one attached hydrogen (secondary N) is 1. The van der Waals surface area contributed by atoms with Gasteiger partial charge in [-0.3, -0.25) is 0 Å². The molecule has 1 aromatic heterocycles. The Morgan fingerprint density at radius 3 is 2.86 bits per heavy atom. The fraction of sp³-hybridized carbons (Fsp3) is 0.571. The molecule has 0 fully saturated rings. The zero-order chi connectivity index (χ0) is 10.4. The van der Waals surface area contributed by atoms with E-state index in [1.165, 1.54) is 0 Å². The van der Waals surface area contributed by atoms with Crippen LogP contribution in [0.1, 0.15) is 6.92 Å². The van der Waals surface area contributed by atoms with Gasteiger partial charge in [0.15, 0.2) is 11.0 Å². The van der Waals surface area contributed by atoms with Crippen LogP contribution in [-0.2, 0) is 4.74 Å². The predicted octanol–water partition coefficient (Wildman–Crippen LogP) is 1.63. The van der Waals surface area contributed by atoms with Crippen LogP contribution in [0.25, 0.3) is 0 Å². The molecule has 1 heterocycles. The minimum Gasteiger partial charge on any atom is -0.380 e. The molecule has 0 aliphatic rings. The zero-order valence-corrected chi connectivity index (χ0v) is 9.14. The Bertz CT molecular complexity index is 297. The van der Waals surface area contributed by atoms with Crippen LogP contribution in [0.2, 0.25) is 10.4 Å². The first-order valence-electron chi connectivity index (χ1n) is 4.11. The van der Waals surface area contributed by atoms with Gasteiger partial charge in [0.1, 0.15) is 0 Å². The maximum Gasteiger partial charge on any atom is 0.245 e. The van der Waals surface area contributed by atoms with Crippen molar-refractivity contribution in [3.05, 3.63) is 10.4 Å². The van der Waals surface area contributed by atoms with E-state index in [-0.39, 0.29) is 10.4 Å². The molecule has 5 nitrogen and oxygen atoms in total. The van der Waals surface area contributed by atoms with Crippen LogP contribution >= 0.6 is 23.2 Å². The molecule has 0 bridgehead atoms. The van der Waals surface area contributed by atoms with E-state index >= 15 is 0 Å². The molecule has 0 spiro atoms. The van der Waals surface area contributed by atoms with Crippen molar-refractivity contribution in [2.45, 2.75) is 6.92 Å². The van der Waals surface area contributed by atoms with Crippen LogP contribution in [-0.4, -0.2) is 34.9 Å². The fourth-order valence-corrected chi connectivity index (χ4v) is 1.06. The topological polar surface area (TPSA) is 59.9 Å². The molecule has 0 aliphatic carbocycles. The first-order valence-corrected chi connectivity index (χ1v) is 4.87. The summed E-state index contributed by atoms with van der Waals surface area (Å²) in [6.45, 7) is 3.78. The maximum atomic E-state index is 5.71. The molecule has 7 heteroatoms. The second kappa shape index (κ2) is 5.95. The average molecular weight is 237 g/mol. The standard InChI is InChI=1S/C7H10Cl2N4O/c1-2-14-4-3-10-6-5(8)12-13-7(9)11-6/h2-4H2,1H3,(H,10,11,13). The molecule has 0 atom stereocenters. The summed E-state index contributed by atoms with van der Waals surface area (Å²) in [6.07, 6.45) is 0. The molecule has 14 heavy (non-hydrogen) atoms. The molecule has 0 amide bonds. The van der Waals surface area contributed by atoms with Gasteiger partial charge in [-0.25, -0.2) is 0 Å². The van der Waals surface area contributed by atoms with Gasteiger partial charge in [0.05, 0.1) is 6.61 Å². The van der Waals surface area contributed by atoms with Crippen molar-refractivity contribution >= 4 is 29.0 Å². The quantitative estimate of drug-likeness (QED) is 0.788. The Hall–Kier alpha value is -0.650. The number of halogens is 2. The number of hydrogen-bond donors (Lipinski definition) is 1. The van der Waals surface area contributed by atoms with Crippen LogP contribution < -0.4 is 5.32 Å². The minimum absolute atomic E-state index is 0.0632. The molecule has 1 N–H and O–H groups in total. The lowest BCUT2D eigenvalue weighted by molar-refractivity contribution is 0.158. The van der Waals surface area contributed by atoms with Gasteiger partial charge in [0.25, 0.3) is 0 Å². The predicted molar refractivity (Wildman–Crippen MR) is 54.8 cm³/mol. The average Bonchev–Trinajstić information content (AvgIpc) is 2.18. The van der Waals surface area contributed by atoms with E-state index in [0.29, 0.717) is 25.6 Å². The maximum absolute atomic E-state index is 5.71. The minimum atomic E-state index is 0.0632. The Morgan fingerprint density at radius 1 is 1.36 bits per heavy atom. The molecule has 0 aliphatic heterocycles. The summed E-state index contributed by atoms with van der Waals surface area (Å²) in [5.41, 5.74) is 0. The summed E-state index contributed by atoms with van der Waals surface area (Å²) < 4.78 is 5.12. The summed E-state index contributed by atoms with van der Waals surface area (Å²) in [6, 6.07) is 0. The highest BCUT2D eigenvalue weighted by Gasteiger charge is 2.04. The molecule has 1 aromatic rings. The van der Waals surface area contributed by atoms with E-state index < -0.39 is 0 Å². The van der Waals surface area contributed by atoms with E-state index in [4.69, 9.17) is 27.9 Å². The van der Waals surface area contributed by atoms with Crippen molar-refractivity contribution in [2.75, 3.05) is 25.1 Å².